The highest BCUT2D eigenvalue weighted by Gasteiger charge is 2.66. The van der Waals surface area contributed by atoms with Crippen LogP contribution in [0.25, 0.3) is 0 Å². The summed E-state index contributed by atoms with van der Waals surface area (Å²) in [5, 5.41) is 21.2. The van der Waals surface area contributed by atoms with Crippen LogP contribution in [0.4, 0.5) is 0 Å². The molecule has 0 radical (unpaired) electrons. The predicted molar refractivity (Wildman–Crippen MR) is 88.3 cm³/mol. The highest BCUT2D eigenvalue weighted by atomic mass is 16.3. The Morgan fingerprint density at radius 1 is 0.955 bits per heavy atom. The van der Waals surface area contributed by atoms with Crippen molar-refractivity contribution < 1.29 is 10.2 Å². The van der Waals surface area contributed by atoms with Gasteiger partial charge in [0, 0.05) is 17.4 Å². The zero-order valence-corrected chi connectivity index (χ0v) is 14.4. The molecule has 2 N–H and O–H groups in total. The van der Waals surface area contributed by atoms with Crippen molar-refractivity contribution in [3.05, 3.63) is 12.2 Å². The molecule has 0 amide bonds. The zero-order valence-electron chi connectivity index (χ0n) is 14.4. The van der Waals surface area contributed by atoms with Crippen molar-refractivity contribution in [2.75, 3.05) is 6.61 Å². The van der Waals surface area contributed by atoms with Crippen LogP contribution in [0.5, 0.6) is 0 Å². The number of hydrogen-bond acceptors (Lipinski definition) is 2. The van der Waals surface area contributed by atoms with Crippen LogP contribution in [-0.4, -0.2) is 22.9 Å². The Labute approximate surface area is 135 Å². The van der Waals surface area contributed by atoms with Crippen molar-refractivity contribution >= 4 is 0 Å². The van der Waals surface area contributed by atoms with Crippen LogP contribution in [0.15, 0.2) is 12.2 Å². The molecule has 124 valence electrons. The Balaban J connectivity index is 1.77. The van der Waals surface area contributed by atoms with E-state index in [-0.39, 0.29) is 27.8 Å². The summed E-state index contributed by atoms with van der Waals surface area (Å²) in [5.41, 5.74) is 0.397. The predicted octanol–water partition coefficient (Wildman–Crippen LogP) is 3.92. The summed E-state index contributed by atoms with van der Waals surface area (Å²) >= 11 is 0. The summed E-state index contributed by atoms with van der Waals surface area (Å²) in [6.45, 7) is 7.36. The van der Waals surface area contributed by atoms with Gasteiger partial charge < -0.3 is 10.2 Å². The van der Waals surface area contributed by atoms with Gasteiger partial charge >= 0.3 is 0 Å². The standard InChI is InChI=1S/C20H32O2/c1-17-9-5-15-19(3)8-4-7-18(2,13-21)14(19)6-10-20(15,12-11-17)16(17)22/h11-12,14-16,21-22H,4-10,13H2,1-3H3/t14-,15+,16+,17-,18+,19-,20-/m1/s1. The van der Waals surface area contributed by atoms with Crippen LogP contribution < -0.4 is 0 Å². The Morgan fingerprint density at radius 3 is 2.41 bits per heavy atom. The van der Waals surface area contributed by atoms with Gasteiger partial charge in [-0.3, -0.25) is 0 Å². The lowest BCUT2D eigenvalue weighted by Crippen LogP contribution is -2.61. The van der Waals surface area contributed by atoms with E-state index in [1.807, 2.05) is 0 Å². The van der Waals surface area contributed by atoms with Crippen LogP contribution in [0, 0.1) is 33.5 Å². The minimum Gasteiger partial charge on any atom is -0.396 e. The lowest BCUT2D eigenvalue weighted by atomic mass is 9.40. The summed E-state index contributed by atoms with van der Waals surface area (Å²) in [7, 11) is 0. The number of aliphatic hydroxyl groups is 2. The van der Waals surface area contributed by atoms with Crippen molar-refractivity contribution in [3.8, 4) is 0 Å². The number of hydrogen-bond donors (Lipinski definition) is 2. The van der Waals surface area contributed by atoms with Crippen LogP contribution in [0.2, 0.25) is 0 Å². The molecule has 0 aromatic heterocycles. The molecule has 7 atom stereocenters. The van der Waals surface area contributed by atoms with Crippen molar-refractivity contribution in [1.82, 2.24) is 0 Å². The first-order valence-corrected chi connectivity index (χ1v) is 9.30. The fourth-order valence-corrected chi connectivity index (χ4v) is 7.43. The largest absolute Gasteiger partial charge is 0.396 e. The first kappa shape index (κ1) is 15.2. The van der Waals surface area contributed by atoms with Crippen molar-refractivity contribution in [2.24, 2.45) is 33.5 Å². The van der Waals surface area contributed by atoms with Gasteiger partial charge in [-0.2, -0.15) is 0 Å². The van der Waals surface area contributed by atoms with Crippen molar-refractivity contribution in [2.45, 2.75) is 71.8 Å². The third-order valence-corrected chi connectivity index (χ3v) is 8.65. The summed E-state index contributed by atoms with van der Waals surface area (Å²) < 4.78 is 0. The minimum atomic E-state index is -0.196. The quantitative estimate of drug-likeness (QED) is 0.721. The summed E-state index contributed by atoms with van der Waals surface area (Å²) in [4.78, 5) is 0. The Kier molecular flexibility index (Phi) is 3.03. The second-order valence-corrected chi connectivity index (χ2v) is 9.71. The summed E-state index contributed by atoms with van der Waals surface area (Å²) in [6.07, 6.45) is 12.9. The van der Waals surface area contributed by atoms with E-state index in [4.69, 9.17) is 0 Å². The van der Waals surface area contributed by atoms with E-state index < -0.39 is 0 Å². The van der Waals surface area contributed by atoms with E-state index in [0.717, 1.165) is 12.8 Å². The molecule has 3 fully saturated rings. The summed E-state index contributed by atoms with van der Waals surface area (Å²) in [5.74, 6) is 1.20. The van der Waals surface area contributed by atoms with Crippen molar-refractivity contribution in [3.63, 3.8) is 0 Å². The smallest absolute Gasteiger partial charge is 0.0721 e. The average molecular weight is 304 g/mol. The number of aliphatic hydroxyl groups excluding tert-OH is 2. The zero-order chi connectivity index (χ0) is 15.8. The summed E-state index contributed by atoms with van der Waals surface area (Å²) in [6, 6.07) is 0. The van der Waals surface area contributed by atoms with Gasteiger partial charge in [-0.15, -0.1) is 0 Å². The molecular formula is C20H32O2. The first-order valence-electron chi connectivity index (χ1n) is 9.30. The molecule has 4 aliphatic carbocycles. The molecule has 2 nitrogen and oxygen atoms in total. The second kappa shape index (κ2) is 4.39. The fraction of sp³-hybridized carbons (Fsp3) is 0.900. The highest BCUT2D eigenvalue weighted by Crippen LogP contribution is 2.71. The monoisotopic (exact) mass is 304 g/mol. The van der Waals surface area contributed by atoms with Crippen LogP contribution in [0.3, 0.4) is 0 Å². The molecule has 3 saturated carbocycles. The normalized spacial score (nSPS) is 60.0. The highest BCUT2D eigenvalue weighted by molar-refractivity contribution is 5.29. The minimum absolute atomic E-state index is 0.00858. The lowest BCUT2D eigenvalue weighted by Gasteiger charge is -2.65. The molecule has 2 bridgehead atoms. The molecule has 22 heavy (non-hydrogen) atoms. The van der Waals surface area contributed by atoms with E-state index in [0.29, 0.717) is 18.4 Å². The molecule has 4 aliphatic rings. The molecule has 0 aromatic rings. The van der Waals surface area contributed by atoms with E-state index >= 15 is 0 Å². The fourth-order valence-electron chi connectivity index (χ4n) is 7.43. The molecular weight excluding hydrogens is 272 g/mol. The molecule has 0 aliphatic heterocycles. The maximum atomic E-state index is 11.1. The SMILES string of the molecule is C[C@@]1(CO)CCC[C@]2(C)[C@@H]1CC[C@@]13C=C[C@@](C)(CC[C@@H]21)[C@@H]3O. The van der Waals surface area contributed by atoms with Gasteiger partial charge in [-0.25, -0.2) is 0 Å². The van der Waals surface area contributed by atoms with Gasteiger partial charge in [0.25, 0.3) is 0 Å². The molecule has 2 heteroatoms. The van der Waals surface area contributed by atoms with E-state index in [1.165, 1.54) is 32.1 Å². The van der Waals surface area contributed by atoms with Crippen LogP contribution in [-0.2, 0) is 0 Å². The topological polar surface area (TPSA) is 40.5 Å². The van der Waals surface area contributed by atoms with Gasteiger partial charge in [-0.05, 0) is 61.2 Å². The molecule has 4 rings (SSSR count). The van der Waals surface area contributed by atoms with Gasteiger partial charge in [0.15, 0.2) is 0 Å². The van der Waals surface area contributed by atoms with Crippen LogP contribution in [0.1, 0.15) is 65.7 Å². The maximum Gasteiger partial charge on any atom is 0.0721 e. The van der Waals surface area contributed by atoms with Crippen molar-refractivity contribution in [1.29, 1.82) is 0 Å². The maximum absolute atomic E-state index is 11.1. The van der Waals surface area contributed by atoms with E-state index in [1.54, 1.807) is 0 Å². The molecule has 0 aromatic carbocycles. The third kappa shape index (κ3) is 1.59. The Bertz CT molecular complexity index is 514. The average Bonchev–Trinajstić information content (AvgIpc) is 2.64. The van der Waals surface area contributed by atoms with Gasteiger partial charge in [-0.1, -0.05) is 39.3 Å². The molecule has 0 saturated heterocycles. The molecule has 1 spiro atoms. The molecule has 0 unspecified atom stereocenters. The van der Waals surface area contributed by atoms with Gasteiger partial charge in [0.2, 0.25) is 0 Å². The van der Waals surface area contributed by atoms with E-state index in [9.17, 15) is 10.2 Å². The second-order valence-electron chi connectivity index (χ2n) is 9.71. The molecule has 0 heterocycles. The van der Waals surface area contributed by atoms with Gasteiger partial charge in [0.1, 0.15) is 0 Å². The number of rotatable bonds is 1. The Morgan fingerprint density at radius 2 is 1.68 bits per heavy atom. The number of fused-ring (bicyclic) bond motifs is 3. The lowest BCUT2D eigenvalue weighted by molar-refractivity contribution is -0.192. The van der Waals surface area contributed by atoms with Crippen LogP contribution >= 0.6 is 0 Å². The first-order chi connectivity index (χ1) is 10.3. The Hall–Kier alpha value is -0.340. The van der Waals surface area contributed by atoms with E-state index in [2.05, 4.69) is 32.9 Å². The third-order valence-electron chi connectivity index (χ3n) is 8.65. The van der Waals surface area contributed by atoms with Gasteiger partial charge in [0.05, 0.1) is 6.10 Å².